The average molecular weight is 386 g/mol. The summed E-state index contributed by atoms with van der Waals surface area (Å²) in [5.41, 5.74) is 0.788. The molecule has 0 saturated carbocycles. The summed E-state index contributed by atoms with van der Waals surface area (Å²) in [6.07, 6.45) is 4.10. The molecule has 2 saturated heterocycles. The molecule has 1 aromatic carbocycles. The van der Waals surface area contributed by atoms with Crippen molar-refractivity contribution in [2.75, 3.05) is 46.4 Å². The number of ether oxygens (including phenoxy) is 1. The zero-order valence-electron chi connectivity index (χ0n) is 15.4. The molecule has 0 amide bonds. The lowest BCUT2D eigenvalue weighted by molar-refractivity contribution is 0.173. The summed E-state index contributed by atoms with van der Waals surface area (Å²) < 4.78 is 47.8. The molecule has 146 valence electrons. The number of piperazine rings is 1. The molecule has 8 heteroatoms. The molecular formula is C18H28FN3O3S. The highest BCUT2D eigenvalue weighted by Gasteiger charge is 2.32. The molecule has 1 aromatic rings. The van der Waals surface area contributed by atoms with Gasteiger partial charge in [0.2, 0.25) is 0 Å². The van der Waals surface area contributed by atoms with Crippen molar-refractivity contribution in [1.29, 1.82) is 0 Å². The lowest BCUT2D eigenvalue weighted by Gasteiger charge is -2.36. The second-order valence-electron chi connectivity index (χ2n) is 6.95. The van der Waals surface area contributed by atoms with Crippen molar-refractivity contribution >= 4 is 10.2 Å². The van der Waals surface area contributed by atoms with Gasteiger partial charge < -0.3 is 4.74 Å². The first-order valence-corrected chi connectivity index (χ1v) is 10.7. The van der Waals surface area contributed by atoms with Crippen LogP contribution in [-0.4, -0.2) is 68.3 Å². The van der Waals surface area contributed by atoms with Crippen LogP contribution in [0.1, 0.15) is 31.2 Å². The molecule has 0 aromatic heterocycles. The number of benzene rings is 1. The maximum Gasteiger partial charge on any atom is 0.282 e. The highest BCUT2D eigenvalue weighted by molar-refractivity contribution is 7.86. The molecule has 0 radical (unpaired) electrons. The Morgan fingerprint density at radius 2 is 1.58 bits per heavy atom. The van der Waals surface area contributed by atoms with E-state index in [2.05, 4.69) is 4.90 Å². The number of hydrogen-bond acceptors (Lipinski definition) is 4. The second kappa shape index (κ2) is 8.65. The Morgan fingerprint density at radius 1 is 0.962 bits per heavy atom. The molecule has 0 unspecified atom stereocenters. The Hall–Kier alpha value is -1.22. The van der Waals surface area contributed by atoms with E-state index < -0.39 is 10.2 Å². The third-order valence-electron chi connectivity index (χ3n) is 5.19. The Kier molecular flexibility index (Phi) is 6.50. The molecule has 0 N–H and O–H groups in total. The number of rotatable bonds is 5. The van der Waals surface area contributed by atoms with E-state index in [1.165, 1.54) is 12.1 Å². The number of hydrogen-bond donors (Lipinski definition) is 0. The highest BCUT2D eigenvalue weighted by Crippen LogP contribution is 2.23. The molecule has 0 bridgehead atoms. The minimum atomic E-state index is -3.37. The molecule has 0 atom stereocenters. The largest absolute Gasteiger partial charge is 0.496 e. The van der Waals surface area contributed by atoms with Crippen molar-refractivity contribution in [3.05, 3.63) is 29.6 Å². The minimum absolute atomic E-state index is 0.289. The van der Waals surface area contributed by atoms with E-state index in [-0.39, 0.29) is 5.82 Å². The fraction of sp³-hybridized carbons (Fsp3) is 0.667. The van der Waals surface area contributed by atoms with Gasteiger partial charge >= 0.3 is 0 Å². The lowest BCUT2D eigenvalue weighted by Crippen LogP contribution is -2.52. The van der Waals surface area contributed by atoms with Crippen LogP contribution >= 0.6 is 0 Å². The molecule has 2 aliphatic heterocycles. The third-order valence-corrected chi connectivity index (χ3v) is 7.22. The number of halogens is 1. The van der Waals surface area contributed by atoms with Crippen molar-refractivity contribution in [3.8, 4) is 5.75 Å². The van der Waals surface area contributed by atoms with E-state index in [0.717, 1.165) is 31.2 Å². The van der Waals surface area contributed by atoms with Crippen LogP contribution in [0.4, 0.5) is 4.39 Å². The maximum absolute atomic E-state index is 13.5. The molecule has 2 fully saturated rings. The van der Waals surface area contributed by atoms with Crippen LogP contribution in [0.25, 0.3) is 0 Å². The van der Waals surface area contributed by atoms with Crippen molar-refractivity contribution in [2.45, 2.75) is 32.2 Å². The van der Waals surface area contributed by atoms with Gasteiger partial charge in [-0.3, -0.25) is 4.90 Å². The van der Waals surface area contributed by atoms with Crippen LogP contribution in [0.5, 0.6) is 5.75 Å². The van der Waals surface area contributed by atoms with E-state index >= 15 is 0 Å². The lowest BCUT2D eigenvalue weighted by atomic mass is 10.1. The molecule has 6 nitrogen and oxygen atoms in total. The highest BCUT2D eigenvalue weighted by atomic mass is 32.2. The monoisotopic (exact) mass is 385 g/mol. The van der Waals surface area contributed by atoms with Crippen LogP contribution in [0.15, 0.2) is 18.2 Å². The molecule has 2 heterocycles. The Labute approximate surface area is 155 Å². The average Bonchev–Trinajstić information content (AvgIpc) is 2.92. The summed E-state index contributed by atoms with van der Waals surface area (Å²) in [6.45, 7) is 4.01. The van der Waals surface area contributed by atoms with Gasteiger partial charge in [0, 0.05) is 51.4 Å². The van der Waals surface area contributed by atoms with Crippen molar-refractivity contribution in [1.82, 2.24) is 13.5 Å². The summed E-state index contributed by atoms with van der Waals surface area (Å²) in [5.74, 6) is 0.370. The summed E-state index contributed by atoms with van der Waals surface area (Å²) >= 11 is 0. The quantitative estimate of drug-likeness (QED) is 0.779. The van der Waals surface area contributed by atoms with E-state index in [1.807, 2.05) is 0 Å². The number of nitrogens with zero attached hydrogens (tertiary/aromatic N) is 3. The second-order valence-corrected chi connectivity index (χ2v) is 8.88. The fourth-order valence-corrected chi connectivity index (χ4v) is 5.34. The fourth-order valence-electron chi connectivity index (χ4n) is 3.67. The van der Waals surface area contributed by atoms with E-state index in [4.69, 9.17) is 4.74 Å². The van der Waals surface area contributed by atoms with Crippen LogP contribution in [0.2, 0.25) is 0 Å². The first kappa shape index (κ1) is 19.5. The SMILES string of the molecule is COc1ccc(F)cc1CN1CCN(S(=O)(=O)N2CCCCCC2)CC1. The van der Waals surface area contributed by atoms with Gasteiger partial charge in [-0.05, 0) is 31.0 Å². The van der Waals surface area contributed by atoms with Crippen molar-refractivity contribution < 1.29 is 17.5 Å². The molecule has 26 heavy (non-hydrogen) atoms. The van der Waals surface area contributed by atoms with E-state index in [0.29, 0.717) is 51.6 Å². The van der Waals surface area contributed by atoms with Crippen LogP contribution in [0.3, 0.4) is 0 Å². The van der Waals surface area contributed by atoms with E-state index in [1.54, 1.807) is 21.8 Å². The predicted molar refractivity (Wildman–Crippen MR) is 98.8 cm³/mol. The Morgan fingerprint density at radius 3 is 2.19 bits per heavy atom. The Balaban J connectivity index is 1.59. The van der Waals surface area contributed by atoms with Gasteiger partial charge in [0.05, 0.1) is 7.11 Å². The zero-order valence-corrected chi connectivity index (χ0v) is 16.2. The standard InChI is InChI=1S/C18H28FN3O3S/c1-25-18-7-6-17(19)14-16(18)15-20-10-12-22(13-11-20)26(23,24)21-8-4-2-3-5-9-21/h6-7,14H,2-5,8-13,15H2,1H3. The van der Waals surface area contributed by atoms with Gasteiger partial charge in [0.1, 0.15) is 11.6 Å². The van der Waals surface area contributed by atoms with Gasteiger partial charge in [-0.2, -0.15) is 17.0 Å². The van der Waals surface area contributed by atoms with Gasteiger partial charge in [-0.1, -0.05) is 12.8 Å². The molecule has 2 aliphatic rings. The number of methoxy groups -OCH3 is 1. The predicted octanol–water partition coefficient (Wildman–Crippen LogP) is 2.07. The van der Waals surface area contributed by atoms with Crippen molar-refractivity contribution in [3.63, 3.8) is 0 Å². The van der Waals surface area contributed by atoms with Crippen LogP contribution in [-0.2, 0) is 16.8 Å². The first-order chi connectivity index (χ1) is 12.5. The molecule has 0 aliphatic carbocycles. The van der Waals surface area contributed by atoms with E-state index in [9.17, 15) is 12.8 Å². The molecule has 3 rings (SSSR count). The summed E-state index contributed by atoms with van der Waals surface area (Å²) in [5, 5.41) is 0. The Bertz CT molecular complexity index is 698. The molecular weight excluding hydrogens is 357 g/mol. The minimum Gasteiger partial charge on any atom is -0.496 e. The van der Waals surface area contributed by atoms with Gasteiger partial charge in [-0.15, -0.1) is 0 Å². The smallest absolute Gasteiger partial charge is 0.282 e. The summed E-state index contributed by atoms with van der Waals surface area (Å²) in [4.78, 5) is 2.14. The maximum atomic E-state index is 13.5. The molecule has 0 spiro atoms. The zero-order chi connectivity index (χ0) is 18.6. The van der Waals surface area contributed by atoms with Crippen LogP contribution in [0, 0.1) is 5.82 Å². The summed E-state index contributed by atoms with van der Waals surface area (Å²) in [7, 11) is -1.80. The van der Waals surface area contributed by atoms with Crippen LogP contribution < -0.4 is 4.74 Å². The normalized spacial score (nSPS) is 21.5. The third kappa shape index (κ3) is 4.54. The van der Waals surface area contributed by atoms with Gasteiger partial charge in [0.25, 0.3) is 10.2 Å². The van der Waals surface area contributed by atoms with Gasteiger partial charge in [-0.25, -0.2) is 4.39 Å². The first-order valence-electron chi connectivity index (χ1n) is 9.31. The van der Waals surface area contributed by atoms with Crippen molar-refractivity contribution in [2.24, 2.45) is 0 Å². The van der Waals surface area contributed by atoms with Gasteiger partial charge in [0.15, 0.2) is 0 Å². The summed E-state index contributed by atoms with van der Waals surface area (Å²) in [6, 6.07) is 4.50. The topological polar surface area (TPSA) is 53.1 Å².